The van der Waals surface area contributed by atoms with Gasteiger partial charge in [-0.05, 0) is 11.4 Å². The molecule has 1 aliphatic heterocycles. The lowest BCUT2D eigenvalue weighted by molar-refractivity contribution is 0.435. The van der Waals surface area contributed by atoms with Crippen LogP contribution in [0.15, 0.2) is 11.4 Å². The minimum atomic E-state index is 0.993. The van der Waals surface area contributed by atoms with Gasteiger partial charge in [0.2, 0.25) is 0 Å². The van der Waals surface area contributed by atoms with Crippen molar-refractivity contribution in [1.29, 1.82) is 0 Å². The van der Waals surface area contributed by atoms with Crippen molar-refractivity contribution in [3.05, 3.63) is 22.9 Å². The van der Waals surface area contributed by atoms with E-state index in [2.05, 4.69) is 5.38 Å². The fourth-order valence-corrected chi connectivity index (χ4v) is 1.54. The SMILES string of the molecule is [CH]1Cc2sccc2O1. The summed E-state index contributed by atoms with van der Waals surface area (Å²) in [6.07, 6.45) is 0.993. The fourth-order valence-electron chi connectivity index (χ4n) is 0.790. The molecular weight excluding hydrogens is 120 g/mol. The van der Waals surface area contributed by atoms with Gasteiger partial charge in [-0.3, -0.25) is 0 Å². The van der Waals surface area contributed by atoms with Crippen molar-refractivity contribution in [1.82, 2.24) is 0 Å². The third-order valence-electron chi connectivity index (χ3n) is 1.18. The first-order chi connectivity index (χ1) is 3.97. The molecule has 0 N–H and O–H groups in total. The molecule has 8 heavy (non-hydrogen) atoms. The monoisotopic (exact) mass is 125 g/mol. The lowest BCUT2D eigenvalue weighted by atomic mass is 10.4. The first-order valence-electron chi connectivity index (χ1n) is 2.51. The molecule has 0 aliphatic carbocycles. The average molecular weight is 125 g/mol. The average Bonchev–Trinajstić information content (AvgIpc) is 2.15. The zero-order chi connectivity index (χ0) is 5.40. The van der Waals surface area contributed by atoms with Crippen molar-refractivity contribution in [2.24, 2.45) is 0 Å². The van der Waals surface area contributed by atoms with E-state index in [0.717, 1.165) is 12.2 Å². The van der Waals surface area contributed by atoms with Gasteiger partial charge in [-0.1, -0.05) is 0 Å². The van der Waals surface area contributed by atoms with E-state index in [1.165, 1.54) is 4.88 Å². The van der Waals surface area contributed by atoms with E-state index in [9.17, 15) is 0 Å². The summed E-state index contributed by atoms with van der Waals surface area (Å²) < 4.78 is 5.12. The van der Waals surface area contributed by atoms with Gasteiger partial charge in [0, 0.05) is 6.42 Å². The van der Waals surface area contributed by atoms with Crippen LogP contribution < -0.4 is 4.74 Å². The van der Waals surface area contributed by atoms with Crippen LogP contribution in [-0.2, 0) is 6.42 Å². The molecule has 2 heterocycles. The summed E-state index contributed by atoms with van der Waals surface area (Å²) in [5.41, 5.74) is 0. The van der Waals surface area contributed by atoms with Crippen LogP contribution in [-0.4, -0.2) is 0 Å². The molecule has 0 saturated heterocycles. The van der Waals surface area contributed by atoms with Gasteiger partial charge in [-0.15, -0.1) is 11.3 Å². The van der Waals surface area contributed by atoms with Gasteiger partial charge in [-0.2, -0.15) is 0 Å². The van der Waals surface area contributed by atoms with Gasteiger partial charge >= 0.3 is 0 Å². The molecule has 1 aromatic heterocycles. The van der Waals surface area contributed by atoms with Crippen LogP contribution in [0.5, 0.6) is 5.75 Å². The van der Waals surface area contributed by atoms with Crippen LogP contribution >= 0.6 is 11.3 Å². The molecule has 0 unspecified atom stereocenters. The van der Waals surface area contributed by atoms with Crippen LogP contribution in [0.1, 0.15) is 4.88 Å². The summed E-state index contributed by atoms with van der Waals surface area (Å²) in [6.45, 7) is 1.83. The molecule has 0 bridgehead atoms. The highest BCUT2D eigenvalue weighted by atomic mass is 32.1. The molecule has 0 saturated carbocycles. The Morgan fingerprint density at radius 2 is 2.62 bits per heavy atom. The van der Waals surface area contributed by atoms with Gasteiger partial charge in [0.05, 0.1) is 4.88 Å². The van der Waals surface area contributed by atoms with E-state index >= 15 is 0 Å². The summed E-state index contributed by atoms with van der Waals surface area (Å²) in [4.78, 5) is 1.35. The molecule has 2 heteroatoms. The third kappa shape index (κ3) is 0.464. The summed E-state index contributed by atoms with van der Waals surface area (Å²) in [5.74, 6) is 1.05. The van der Waals surface area contributed by atoms with Crippen LogP contribution in [0, 0.1) is 6.61 Å². The first kappa shape index (κ1) is 4.39. The van der Waals surface area contributed by atoms with E-state index in [1.807, 2.05) is 12.7 Å². The predicted octanol–water partition coefficient (Wildman–Crippen LogP) is 1.84. The van der Waals surface area contributed by atoms with E-state index < -0.39 is 0 Å². The number of thiophene rings is 1. The highest BCUT2D eigenvalue weighted by Gasteiger charge is 2.11. The Morgan fingerprint density at radius 3 is 3.50 bits per heavy atom. The van der Waals surface area contributed by atoms with Gasteiger partial charge in [0.15, 0.2) is 0 Å². The summed E-state index contributed by atoms with van der Waals surface area (Å²) >= 11 is 1.76. The van der Waals surface area contributed by atoms with Crippen LogP contribution in [0.3, 0.4) is 0 Å². The van der Waals surface area contributed by atoms with Crippen LogP contribution in [0.25, 0.3) is 0 Å². The summed E-state index contributed by atoms with van der Waals surface area (Å²) in [5, 5.41) is 2.05. The second-order valence-corrected chi connectivity index (χ2v) is 2.70. The molecule has 1 aliphatic rings. The van der Waals surface area contributed by atoms with Crippen molar-refractivity contribution >= 4 is 11.3 Å². The molecule has 0 amide bonds. The van der Waals surface area contributed by atoms with Crippen molar-refractivity contribution in [3.8, 4) is 5.75 Å². The Hall–Kier alpha value is -0.500. The molecule has 0 aromatic carbocycles. The zero-order valence-electron chi connectivity index (χ0n) is 4.26. The lowest BCUT2D eigenvalue weighted by Crippen LogP contribution is -1.76. The van der Waals surface area contributed by atoms with Crippen molar-refractivity contribution in [3.63, 3.8) is 0 Å². The third-order valence-corrected chi connectivity index (χ3v) is 2.11. The molecule has 1 nitrogen and oxygen atoms in total. The predicted molar refractivity (Wildman–Crippen MR) is 33.0 cm³/mol. The Morgan fingerprint density at radius 1 is 1.62 bits per heavy atom. The number of fused-ring (bicyclic) bond motifs is 1. The minimum absolute atomic E-state index is 0.993. The standard InChI is InChI=1S/C6H5OS/c1-3-7-5-2-4-8-6(1)5/h2-4H,1H2. The molecule has 1 radical (unpaired) electrons. The minimum Gasteiger partial charge on any atom is -0.485 e. The molecule has 0 fully saturated rings. The van der Waals surface area contributed by atoms with Gasteiger partial charge < -0.3 is 4.74 Å². The topological polar surface area (TPSA) is 9.23 Å². The zero-order valence-corrected chi connectivity index (χ0v) is 5.07. The van der Waals surface area contributed by atoms with Gasteiger partial charge in [0.1, 0.15) is 12.4 Å². The maximum atomic E-state index is 5.12. The molecule has 1 aromatic rings. The highest BCUT2D eigenvalue weighted by Crippen LogP contribution is 2.31. The first-order valence-corrected chi connectivity index (χ1v) is 3.39. The number of hydrogen-bond acceptors (Lipinski definition) is 2. The van der Waals surface area contributed by atoms with Crippen LogP contribution in [0.4, 0.5) is 0 Å². The van der Waals surface area contributed by atoms with E-state index in [0.29, 0.717) is 0 Å². The molecule has 41 valence electrons. The highest BCUT2D eigenvalue weighted by molar-refractivity contribution is 7.10. The summed E-state index contributed by atoms with van der Waals surface area (Å²) in [6, 6.07) is 2.00. The van der Waals surface area contributed by atoms with Crippen molar-refractivity contribution in [2.75, 3.05) is 0 Å². The van der Waals surface area contributed by atoms with E-state index in [-0.39, 0.29) is 0 Å². The Kier molecular flexibility index (Phi) is 0.815. The lowest BCUT2D eigenvalue weighted by Gasteiger charge is -1.85. The number of ether oxygens (including phenoxy) is 1. The smallest absolute Gasteiger partial charge is 0.141 e. The number of hydrogen-bond donors (Lipinski definition) is 0. The fraction of sp³-hybridized carbons (Fsp3) is 0.167. The maximum absolute atomic E-state index is 5.12. The summed E-state index contributed by atoms with van der Waals surface area (Å²) in [7, 11) is 0. The number of rotatable bonds is 0. The van der Waals surface area contributed by atoms with Crippen molar-refractivity contribution < 1.29 is 4.74 Å². The van der Waals surface area contributed by atoms with Crippen LogP contribution in [0.2, 0.25) is 0 Å². The molecular formula is C6H5OS. The Labute approximate surface area is 51.9 Å². The Balaban J connectivity index is 2.54. The maximum Gasteiger partial charge on any atom is 0.141 e. The van der Waals surface area contributed by atoms with Crippen molar-refractivity contribution in [2.45, 2.75) is 6.42 Å². The van der Waals surface area contributed by atoms with Gasteiger partial charge in [-0.25, -0.2) is 0 Å². The second kappa shape index (κ2) is 1.49. The normalized spacial score (nSPS) is 15.5. The largest absolute Gasteiger partial charge is 0.485 e. The van der Waals surface area contributed by atoms with E-state index in [4.69, 9.17) is 4.74 Å². The molecule has 0 atom stereocenters. The quantitative estimate of drug-likeness (QED) is 0.514. The van der Waals surface area contributed by atoms with Gasteiger partial charge in [0.25, 0.3) is 0 Å². The molecule has 2 rings (SSSR count). The second-order valence-electron chi connectivity index (χ2n) is 1.70. The Bertz CT molecular complexity index is 174. The van der Waals surface area contributed by atoms with E-state index in [1.54, 1.807) is 11.3 Å². The molecule has 0 spiro atoms.